The van der Waals surface area contributed by atoms with Gasteiger partial charge in [-0.2, -0.15) is 5.10 Å². The highest BCUT2D eigenvalue weighted by Gasteiger charge is 2.14. The predicted octanol–water partition coefficient (Wildman–Crippen LogP) is 2.75. The summed E-state index contributed by atoms with van der Waals surface area (Å²) in [6, 6.07) is 7.68. The predicted molar refractivity (Wildman–Crippen MR) is 83.2 cm³/mol. The Labute approximate surface area is 126 Å². The number of aromatic amines is 1. The van der Waals surface area contributed by atoms with Crippen molar-refractivity contribution in [3.63, 3.8) is 0 Å². The maximum atomic E-state index is 12.2. The smallest absolute Gasteiger partial charge is 0.226 e. The molecule has 0 bridgehead atoms. The summed E-state index contributed by atoms with van der Waals surface area (Å²) in [4.78, 5) is 16.6. The van der Waals surface area contributed by atoms with Crippen molar-refractivity contribution in [1.82, 2.24) is 20.5 Å². The van der Waals surface area contributed by atoms with Crippen LogP contribution < -0.4 is 5.32 Å². The largest absolute Gasteiger partial charge is 0.348 e. The van der Waals surface area contributed by atoms with E-state index in [0.717, 1.165) is 27.3 Å². The minimum Gasteiger partial charge on any atom is -0.348 e. The SMILES string of the molecule is Cc1nc([C@H](C)NC(=O)Cc2[nH]nc3ccccc23)cs1. The second-order valence-electron chi connectivity index (χ2n) is 4.98. The zero-order valence-electron chi connectivity index (χ0n) is 11.9. The average molecular weight is 300 g/mol. The van der Waals surface area contributed by atoms with Crippen molar-refractivity contribution in [2.24, 2.45) is 0 Å². The van der Waals surface area contributed by atoms with Crippen LogP contribution in [0.25, 0.3) is 10.9 Å². The lowest BCUT2D eigenvalue weighted by Gasteiger charge is -2.11. The molecule has 0 saturated carbocycles. The molecule has 1 aromatic carbocycles. The van der Waals surface area contributed by atoms with Gasteiger partial charge < -0.3 is 5.32 Å². The second kappa shape index (κ2) is 5.65. The minimum atomic E-state index is -0.0864. The first-order valence-corrected chi connectivity index (χ1v) is 7.65. The van der Waals surface area contributed by atoms with Crippen molar-refractivity contribution in [3.05, 3.63) is 46.0 Å². The van der Waals surface area contributed by atoms with Gasteiger partial charge in [-0.1, -0.05) is 18.2 Å². The van der Waals surface area contributed by atoms with Crippen LogP contribution in [0.5, 0.6) is 0 Å². The first kappa shape index (κ1) is 13.8. The van der Waals surface area contributed by atoms with Crippen LogP contribution in [0.1, 0.15) is 29.4 Å². The number of para-hydroxylation sites is 1. The molecule has 2 aromatic heterocycles. The summed E-state index contributed by atoms with van der Waals surface area (Å²) in [7, 11) is 0. The number of hydrogen-bond donors (Lipinski definition) is 2. The van der Waals surface area contributed by atoms with Crippen LogP contribution in [-0.2, 0) is 11.2 Å². The van der Waals surface area contributed by atoms with Gasteiger partial charge in [0.1, 0.15) is 0 Å². The van der Waals surface area contributed by atoms with E-state index < -0.39 is 0 Å². The Balaban J connectivity index is 1.69. The quantitative estimate of drug-likeness (QED) is 0.778. The molecule has 0 aliphatic rings. The van der Waals surface area contributed by atoms with E-state index in [0.29, 0.717) is 0 Å². The zero-order valence-corrected chi connectivity index (χ0v) is 12.7. The van der Waals surface area contributed by atoms with E-state index in [1.54, 1.807) is 11.3 Å². The van der Waals surface area contributed by atoms with Crippen LogP contribution >= 0.6 is 11.3 Å². The number of aromatic nitrogens is 3. The molecule has 0 spiro atoms. The molecule has 2 N–H and O–H groups in total. The summed E-state index contributed by atoms with van der Waals surface area (Å²) < 4.78 is 0. The number of amides is 1. The number of nitrogens with zero attached hydrogens (tertiary/aromatic N) is 2. The number of benzene rings is 1. The molecule has 21 heavy (non-hydrogen) atoms. The summed E-state index contributed by atoms with van der Waals surface area (Å²) in [6.07, 6.45) is 0.286. The molecule has 0 aliphatic carbocycles. The molecule has 1 amide bonds. The summed E-state index contributed by atoms with van der Waals surface area (Å²) in [5.74, 6) is -0.0393. The lowest BCUT2D eigenvalue weighted by Crippen LogP contribution is -2.28. The summed E-state index contributed by atoms with van der Waals surface area (Å²) in [5.41, 5.74) is 2.62. The van der Waals surface area contributed by atoms with E-state index in [2.05, 4.69) is 20.5 Å². The third-order valence-corrected chi connectivity index (χ3v) is 4.13. The average Bonchev–Trinajstić information content (AvgIpc) is 3.06. The van der Waals surface area contributed by atoms with Gasteiger partial charge in [-0.3, -0.25) is 9.89 Å². The van der Waals surface area contributed by atoms with Crippen LogP contribution in [0.15, 0.2) is 29.6 Å². The Bertz CT molecular complexity index is 777. The van der Waals surface area contributed by atoms with Gasteiger partial charge in [0.05, 0.1) is 34.4 Å². The molecule has 1 atom stereocenters. The Morgan fingerprint density at radius 3 is 3.00 bits per heavy atom. The number of nitrogens with one attached hydrogen (secondary N) is 2. The lowest BCUT2D eigenvalue weighted by molar-refractivity contribution is -0.121. The molecule has 5 nitrogen and oxygen atoms in total. The van der Waals surface area contributed by atoms with Crippen LogP contribution in [0.4, 0.5) is 0 Å². The summed E-state index contributed by atoms with van der Waals surface area (Å²) >= 11 is 1.59. The van der Waals surface area contributed by atoms with Crippen molar-refractivity contribution in [2.75, 3.05) is 0 Å². The maximum Gasteiger partial charge on any atom is 0.226 e. The highest BCUT2D eigenvalue weighted by Crippen LogP contribution is 2.17. The van der Waals surface area contributed by atoms with Crippen LogP contribution in [0.3, 0.4) is 0 Å². The number of carbonyl (C=O) groups excluding carboxylic acids is 1. The molecule has 0 saturated heterocycles. The van der Waals surface area contributed by atoms with Gasteiger partial charge in [-0.15, -0.1) is 11.3 Å². The summed E-state index contributed by atoms with van der Waals surface area (Å²) in [6.45, 7) is 3.90. The van der Waals surface area contributed by atoms with E-state index in [1.165, 1.54) is 0 Å². The molecule has 2 heterocycles. The van der Waals surface area contributed by atoms with Crippen LogP contribution in [0, 0.1) is 6.92 Å². The highest BCUT2D eigenvalue weighted by molar-refractivity contribution is 7.09. The number of H-pyrrole nitrogens is 1. The van der Waals surface area contributed by atoms with Gasteiger partial charge >= 0.3 is 0 Å². The van der Waals surface area contributed by atoms with Gasteiger partial charge in [0.15, 0.2) is 0 Å². The fraction of sp³-hybridized carbons (Fsp3) is 0.267. The maximum absolute atomic E-state index is 12.2. The van der Waals surface area contributed by atoms with E-state index >= 15 is 0 Å². The van der Waals surface area contributed by atoms with Crippen LogP contribution in [0.2, 0.25) is 0 Å². The topological polar surface area (TPSA) is 70.7 Å². The van der Waals surface area contributed by atoms with Crippen molar-refractivity contribution >= 4 is 28.1 Å². The monoisotopic (exact) mass is 300 g/mol. The van der Waals surface area contributed by atoms with E-state index in [9.17, 15) is 4.79 Å². The molecule has 0 radical (unpaired) electrons. The first-order chi connectivity index (χ1) is 10.1. The van der Waals surface area contributed by atoms with Gasteiger partial charge in [0.2, 0.25) is 5.91 Å². The fourth-order valence-electron chi connectivity index (χ4n) is 2.26. The van der Waals surface area contributed by atoms with Crippen molar-refractivity contribution in [1.29, 1.82) is 0 Å². The van der Waals surface area contributed by atoms with E-state index in [4.69, 9.17) is 0 Å². The molecular formula is C15H16N4OS. The normalized spacial score (nSPS) is 12.5. The Kier molecular flexibility index (Phi) is 3.70. The van der Waals surface area contributed by atoms with Crippen molar-refractivity contribution in [3.8, 4) is 0 Å². The molecule has 6 heteroatoms. The third-order valence-electron chi connectivity index (χ3n) is 3.34. The molecule has 0 unspecified atom stereocenters. The van der Waals surface area contributed by atoms with Crippen molar-refractivity contribution < 1.29 is 4.79 Å². The Morgan fingerprint density at radius 2 is 2.24 bits per heavy atom. The van der Waals surface area contributed by atoms with Crippen molar-refractivity contribution in [2.45, 2.75) is 26.3 Å². The number of aryl methyl sites for hydroxylation is 1. The van der Waals surface area contributed by atoms with Gasteiger partial charge in [0.25, 0.3) is 0 Å². The lowest BCUT2D eigenvalue weighted by atomic mass is 10.1. The molecule has 3 rings (SSSR count). The van der Waals surface area contributed by atoms with E-state index in [-0.39, 0.29) is 18.4 Å². The molecular weight excluding hydrogens is 284 g/mol. The number of rotatable bonds is 4. The van der Waals surface area contributed by atoms with Crippen LogP contribution in [-0.4, -0.2) is 21.1 Å². The standard InChI is InChI=1S/C15H16N4OS/c1-9(14-8-21-10(2)17-14)16-15(20)7-13-11-5-3-4-6-12(11)18-19-13/h3-6,8-9H,7H2,1-2H3,(H,16,20)(H,18,19)/t9-/m0/s1. The molecule has 108 valence electrons. The summed E-state index contributed by atoms with van der Waals surface area (Å²) in [5, 5.41) is 14.1. The third kappa shape index (κ3) is 2.95. The number of carbonyl (C=O) groups is 1. The minimum absolute atomic E-state index is 0.0393. The highest BCUT2D eigenvalue weighted by atomic mass is 32.1. The number of fused-ring (bicyclic) bond motifs is 1. The number of thiazole rings is 1. The second-order valence-corrected chi connectivity index (χ2v) is 6.04. The van der Waals surface area contributed by atoms with E-state index in [1.807, 2.05) is 43.5 Å². The van der Waals surface area contributed by atoms with Gasteiger partial charge in [-0.25, -0.2) is 4.98 Å². The molecule has 0 aliphatic heterocycles. The molecule has 0 fully saturated rings. The first-order valence-electron chi connectivity index (χ1n) is 6.77. The fourth-order valence-corrected chi connectivity index (χ4v) is 2.96. The van der Waals surface area contributed by atoms with Gasteiger partial charge in [-0.05, 0) is 19.9 Å². The molecule has 3 aromatic rings. The zero-order chi connectivity index (χ0) is 14.8. The number of hydrogen-bond acceptors (Lipinski definition) is 4. The van der Waals surface area contributed by atoms with Gasteiger partial charge in [0, 0.05) is 10.8 Å². The Hall–Kier alpha value is -2.21. The Morgan fingerprint density at radius 1 is 1.43 bits per heavy atom.